The summed E-state index contributed by atoms with van der Waals surface area (Å²) >= 11 is 0. The molecular weight excluding hydrogens is 162 g/mol. The van der Waals surface area contributed by atoms with Crippen LogP contribution >= 0.6 is 0 Å². The largest absolute Gasteiger partial charge is 0.326 e. The molecule has 1 heterocycles. The second-order valence-corrected chi connectivity index (χ2v) is 4.58. The van der Waals surface area contributed by atoms with Gasteiger partial charge in [-0.3, -0.25) is 4.90 Å². The quantitative estimate of drug-likeness (QED) is 0.654. The van der Waals surface area contributed by atoms with Gasteiger partial charge in [0.05, 0.1) is 0 Å². The third-order valence-electron chi connectivity index (χ3n) is 3.64. The van der Waals surface area contributed by atoms with Crippen LogP contribution in [0.4, 0.5) is 0 Å². The van der Waals surface area contributed by atoms with Crippen molar-refractivity contribution in [3.8, 4) is 0 Å². The predicted molar refractivity (Wildman–Crippen MR) is 54.3 cm³/mol. The molecule has 2 aliphatic rings. The standard InChI is InChI=1S/C10H21N3/c1-2-3-4-13-6-7-5-8(11)10(13)9(7)12/h7-10H,2-6,11-12H2,1H3/t7-,8+,9-,10-/m1/s1. The second kappa shape index (κ2) is 3.56. The van der Waals surface area contributed by atoms with Crippen molar-refractivity contribution in [2.24, 2.45) is 17.4 Å². The molecule has 0 unspecified atom stereocenters. The molecule has 0 aromatic rings. The summed E-state index contributed by atoms with van der Waals surface area (Å²) in [5, 5.41) is 0. The van der Waals surface area contributed by atoms with Gasteiger partial charge in [-0.1, -0.05) is 13.3 Å². The molecule has 13 heavy (non-hydrogen) atoms. The van der Waals surface area contributed by atoms with Crippen LogP contribution in [-0.2, 0) is 0 Å². The fourth-order valence-corrected chi connectivity index (χ4v) is 2.95. The molecule has 2 rings (SSSR count). The molecule has 0 aromatic heterocycles. The van der Waals surface area contributed by atoms with E-state index in [9.17, 15) is 0 Å². The van der Waals surface area contributed by atoms with Crippen molar-refractivity contribution in [2.45, 2.75) is 44.3 Å². The molecule has 76 valence electrons. The lowest BCUT2D eigenvalue weighted by Crippen LogP contribution is -2.49. The lowest BCUT2D eigenvalue weighted by molar-refractivity contribution is 0.188. The Kier molecular flexibility index (Phi) is 2.58. The van der Waals surface area contributed by atoms with Crippen LogP contribution in [0, 0.1) is 5.92 Å². The summed E-state index contributed by atoms with van der Waals surface area (Å²) in [5.74, 6) is 0.678. The highest BCUT2D eigenvalue weighted by Crippen LogP contribution is 2.35. The lowest BCUT2D eigenvalue weighted by Gasteiger charge is -2.31. The smallest absolute Gasteiger partial charge is 0.0401 e. The molecule has 1 aliphatic carbocycles. The average Bonchev–Trinajstić information content (AvgIpc) is 2.54. The first-order chi connectivity index (χ1) is 6.24. The molecular formula is C10H21N3. The van der Waals surface area contributed by atoms with Gasteiger partial charge >= 0.3 is 0 Å². The first-order valence-corrected chi connectivity index (χ1v) is 5.49. The van der Waals surface area contributed by atoms with E-state index in [1.54, 1.807) is 0 Å². The Morgan fingerprint density at radius 1 is 1.38 bits per heavy atom. The fourth-order valence-electron chi connectivity index (χ4n) is 2.95. The maximum atomic E-state index is 6.12. The van der Waals surface area contributed by atoms with Crippen LogP contribution in [0.3, 0.4) is 0 Å². The van der Waals surface area contributed by atoms with Crippen molar-refractivity contribution in [3.05, 3.63) is 0 Å². The molecule has 0 aromatic carbocycles. The Labute approximate surface area is 80.5 Å². The van der Waals surface area contributed by atoms with Gasteiger partial charge in [0.1, 0.15) is 0 Å². The van der Waals surface area contributed by atoms with Crippen molar-refractivity contribution in [1.29, 1.82) is 0 Å². The normalized spacial score (nSPS) is 44.5. The van der Waals surface area contributed by atoms with E-state index in [0.29, 0.717) is 24.0 Å². The summed E-state index contributed by atoms with van der Waals surface area (Å²) in [6, 6.07) is 1.18. The first-order valence-electron chi connectivity index (χ1n) is 5.49. The number of nitrogens with zero attached hydrogens (tertiary/aromatic N) is 1. The minimum Gasteiger partial charge on any atom is -0.326 e. The average molecular weight is 183 g/mol. The van der Waals surface area contributed by atoms with E-state index in [1.807, 2.05) is 0 Å². The van der Waals surface area contributed by atoms with E-state index in [-0.39, 0.29) is 0 Å². The Hall–Kier alpha value is -0.120. The number of hydrogen-bond acceptors (Lipinski definition) is 3. The summed E-state index contributed by atoms with van der Waals surface area (Å²) in [7, 11) is 0. The molecule has 3 nitrogen and oxygen atoms in total. The van der Waals surface area contributed by atoms with Crippen LogP contribution in [-0.4, -0.2) is 36.1 Å². The van der Waals surface area contributed by atoms with Gasteiger partial charge < -0.3 is 11.5 Å². The minimum atomic E-state index is 0.339. The van der Waals surface area contributed by atoms with Gasteiger partial charge in [-0.2, -0.15) is 0 Å². The van der Waals surface area contributed by atoms with Gasteiger partial charge in [0.15, 0.2) is 0 Å². The molecule has 0 amide bonds. The zero-order valence-electron chi connectivity index (χ0n) is 8.45. The van der Waals surface area contributed by atoms with Crippen LogP contribution in [0.25, 0.3) is 0 Å². The van der Waals surface area contributed by atoms with Crippen LogP contribution in [0.15, 0.2) is 0 Å². The van der Waals surface area contributed by atoms with Gasteiger partial charge in [0, 0.05) is 24.7 Å². The molecule has 1 saturated heterocycles. The van der Waals surface area contributed by atoms with E-state index in [1.165, 1.54) is 25.9 Å². The first kappa shape index (κ1) is 9.44. The SMILES string of the molecule is CCCCN1C[C@H]2C[C@H](N)[C@@H]1[C@@H]2N. The van der Waals surface area contributed by atoms with Crippen LogP contribution in [0.5, 0.6) is 0 Å². The highest BCUT2D eigenvalue weighted by molar-refractivity contribution is 5.08. The number of rotatable bonds is 3. The summed E-state index contributed by atoms with van der Waals surface area (Å²) < 4.78 is 0. The van der Waals surface area contributed by atoms with Crippen LogP contribution in [0.1, 0.15) is 26.2 Å². The molecule has 1 saturated carbocycles. The number of hydrogen-bond donors (Lipinski definition) is 2. The van der Waals surface area contributed by atoms with Gasteiger partial charge in [-0.25, -0.2) is 0 Å². The molecule has 2 bridgehead atoms. The third kappa shape index (κ3) is 1.49. The van der Waals surface area contributed by atoms with Gasteiger partial charge in [-0.05, 0) is 25.3 Å². The summed E-state index contributed by atoms with van der Waals surface area (Å²) in [5.41, 5.74) is 12.2. The van der Waals surface area contributed by atoms with Crippen molar-refractivity contribution >= 4 is 0 Å². The van der Waals surface area contributed by atoms with E-state index >= 15 is 0 Å². The highest BCUT2D eigenvalue weighted by atomic mass is 15.2. The molecule has 4 atom stereocenters. The Morgan fingerprint density at radius 2 is 2.15 bits per heavy atom. The number of unbranched alkanes of at least 4 members (excludes halogenated alkanes) is 1. The zero-order valence-corrected chi connectivity index (χ0v) is 8.45. The number of piperidine rings is 1. The number of fused-ring (bicyclic) bond motifs is 2. The maximum Gasteiger partial charge on any atom is 0.0401 e. The van der Waals surface area contributed by atoms with Gasteiger partial charge in [0.2, 0.25) is 0 Å². The van der Waals surface area contributed by atoms with E-state index < -0.39 is 0 Å². The molecule has 0 spiro atoms. The van der Waals surface area contributed by atoms with Crippen LogP contribution < -0.4 is 11.5 Å². The summed E-state index contributed by atoms with van der Waals surface area (Å²) in [6.07, 6.45) is 3.69. The molecule has 2 fully saturated rings. The molecule has 4 N–H and O–H groups in total. The van der Waals surface area contributed by atoms with Crippen LogP contribution in [0.2, 0.25) is 0 Å². The number of likely N-dealkylation sites (tertiary alicyclic amines) is 1. The van der Waals surface area contributed by atoms with Crippen molar-refractivity contribution in [1.82, 2.24) is 4.90 Å². The van der Waals surface area contributed by atoms with Crippen molar-refractivity contribution in [3.63, 3.8) is 0 Å². The van der Waals surface area contributed by atoms with Crippen molar-refractivity contribution in [2.75, 3.05) is 13.1 Å². The Bertz CT molecular complexity index is 183. The van der Waals surface area contributed by atoms with E-state index in [0.717, 1.165) is 6.42 Å². The topological polar surface area (TPSA) is 55.3 Å². The minimum absolute atomic E-state index is 0.339. The van der Waals surface area contributed by atoms with Crippen molar-refractivity contribution < 1.29 is 0 Å². The molecule has 1 aliphatic heterocycles. The Morgan fingerprint density at radius 3 is 2.69 bits per heavy atom. The van der Waals surface area contributed by atoms with E-state index in [4.69, 9.17) is 11.5 Å². The zero-order chi connectivity index (χ0) is 9.42. The van der Waals surface area contributed by atoms with Gasteiger partial charge in [0.25, 0.3) is 0 Å². The van der Waals surface area contributed by atoms with Gasteiger partial charge in [-0.15, -0.1) is 0 Å². The highest BCUT2D eigenvalue weighted by Gasteiger charge is 2.48. The summed E-state index contributed by atoms with van der Waals surface area (Å²) in [4.78, 5) is 2.51. The maximum absolute atomic E-state index is 6.12. The fraction of sp³-hybridized carbons (Fsp3) is 1.00. The monoisotopic (exact) mass is 183 g/mol. The predicted octanol–water partition coefficient (Wildman–Crippen LogP) is 0.145. The summed E-state index contributed by atoms with van der Waals surface area (Å²) in [6.45, 7) is 4.62. The Balaban J connectivity index is 1.94. The number of nitrogens with two attached hydrogens (primary N) is 2. The third-order valence-corrected chi connectivity index (χ3v) is 3.64. The molecule has 0 radical (unpaired) electrons. The lowest BCUT2D eigenvalue weighted by atomic mass is 10.1. The second-order valence-electron chi connectivity index (χ2n) is 4.58. The molecule has 3 heteroatoms. The van der Waals surface area contributed by atoms with E-state index in [2.05, 4.69) is 11.8 Å².